The van der Waals surface area contributed by atoms with Crippen molar-refractivity contribution in [1.82, 2.24) is 10.2 Å². The summed E-state index contributed by atoms with van der Waals surface area (Å²) < 4.78 is 13.2. The third-order valence-corrected chi connectivity index (χ3v) is 4.13. The lowest BCUT2D eigenvalue weighted by atomic mass is 9.87. The Labute approximate surface area is 122 Å². The van der Waals surface area contributed by atoms with Crippen LogP contribution in [0.2, 0.25) is 0 Å². The Morgan fingerprint density at radius 2 is 2.14 bits per heavy atom. The summed E-state index contributed by atoms with van der Waals surface area (Å²) in [6, 6.07) is 5.48. The highest BCUT2D eigenvalue weighted by molar-refractivity contribution is 5.93. The molecule has 1 aliphatic heterocycles. The number of anilines is 1. The molecule has 2 fully saturated rings. The molecule has 2 aliphatic rings. The van der Waals surface area contributed by atoms with Crippen LogP contribution in [0.15, 0.2) is 24.3 Å². The standard InChI is InChI=1S/C15H18FN3O2/c16-10-4-3-5-11(8-10)17-15(21)19-9-14(20)18-12-6-1-2-7-13(12)19/h3-5,8,12-13H,1-2,6-7,9H2,(H,17,21)(H,18,20)/t12-,13+/m1/s1. The van der Waals surface area contributed by atoms with Gasteiger partial charge in [0, 0.05) is 11.7 Å². The minimum Gasteiger partial charge on any atom is -0.350 e. The van der Waals surface area contributed by atoms with E-state index in [1.54, 1.807) is 11.0 Å². The summed E-state index contributed by atoms with van der Waals surface area (Å²) in [5, 5.41) is 5.63. The number of piperazine rings is 1. The molecule has 1 saturated heterocycles. The molecule has 0 spiro atoms. The first-order valence-corrected chi connectivity index (χ1v) is 7.26. The molecule has 112 valence electrons. The van der Waals surface area contributed by atoms with Crippen LogP contribution in [0.4, 0.5) is 14.9 Å². The van der Waals surface area contributed by atoms with E-state index in [1.165, 1.54) is 18.2 Å². The number of rotatable bonds is 1. The number of nitrogens with one attached hydrogen (secondary N) is 2. The van der Waals surface area contributed by atoms with Crippen molar-refractivity contribution in [3.63, 3.8) is 0 Å². The molecule has 0 aromatic heterocycles. The van der Waals surface area contributed by atoms with Crippen molar-refractivity contribution in [2.75, 3.05) is 11.9 Å². The Balaban J connectivity index is 1.74. The van der Waals surface area contributed by atoms with Crippen LogP contribution >= 0.6 is 0 Å². The van der Waals surface area contributed by atoms with E-state index in [2.05, 4.69) is 10.6 Å². The Morgan fingerprint density at radius 1 is 1.33 bits per heavy atom. The Morgan fingerprint density at radius 3 is 2.95 bits per heavy atom. The van der Waals surface area contributed by atoms with E-state index in [1.807, 2.05) is 0 Å². The summed E-state index contributed by atoms with van der Waals surface area (Å²) in [6.07, 6.45) is 3.92. The minimum atomic E-state index is -0.403. The topological polar surface area (TPSA) is 61.4 Å². The second-order valence-corrected chi connectivity index (χ2v) is 5.59. The summed E-state index contributed by atoms with van der Waals surface area (Å²) in [5.41, 5.74) is 0.401. The monoisotopic (exact) mass is 291 g/mol. The zero-order chi connectivity index (χ0) is 14.8. The number of urea groups is 1. The normalized spacial score (nSPS) is 25.0. The summed E-state index contributed by atoms with van der Waals surface area (Å²) in [6.45, 7) is 0.0579. The zero-order valence-electron chi connectivity index (χ0n) is 11.6. The molecule has 3 rings (SSSR count). The molecule has 1 aliphatic carbocycles. The fraction of sp³-hybridized carbons (Fsp3) is 0.467. The van der Waals surface area contributed by atoms with Crippen LogP contribution in [-0.4, -0.2) is 35.5 Å². The number of benzene rings is 1. The van der Waals surface area contributed by atoms with Gasteiger partial charge in [-0.25, -0.2) is 9.18 Å². The highest BCUT2D eigenvalue weighted by Crippen LogP contribution is 2.26. The fourth-order valence-electron chi connectivity index (χ4n) is 3.16. The molecule has 0 radical (unpaired) electrons. The highest BCUT2D eigenvalue weighted by Gasteiger charge is 2.38. The Hall–Kier alpha value is -2.11. The molecule has 1 saturated carbocycles. The van der Waals surface area contributed by atoms with Crippen LogP contribution < -0.4 is 10.6 Å². The van der Waals surface area contributed by atoms with Gasteiger partial charge in [-0.05, 0) is 31.0 Å². The molecule has 3 amide bonds. The number of hydrogen-bond donors (Lipinski definition) is 2. The Kier molecular flexibility index (Phi) is 3.77. The van der Waals surface area contributed by atoms with E-state index in [4.69, 9.17) is 0 Å². The largest absolute Gasteiger partial charge is 0.350 e. The van der Waals surface area contributed by atoms with Crippen LogP contribution in [0.25, 0.3) is 0 Å². The summed E-state index contributed by atoms with van der Waals surface area (Å²) >= 11 is 0. The molecule has 6 heteroatoms. The van der Waals surface area contributed by atoms with Crippen LogP contribution in [-0.2, 0) is 4.79 Å². The zero-order valence-corrected chi connectivity index (χ0v) is 11.6. The van der Waals surface area contributed by atoms with Crippen molar-refractivity contribution in [3.05, 3.63) is 30.1 Å². The molecular formula is C15H18FN3O2. The number of carbonyl (C=O) groups is 2. The van der Waals surface area contributed by atoms with Gasteiger partial charge >= 0.3 is 6.03 Å². The van der Waals surface area contributed by atoms with Gasteiger partial charge in [-0.3, -0.25) is 4.79 Å². The lowest BCUT2D eigenvalue weighted by molar-refractivity contribution is -0.126. The summed E-state index contributed by atoms with van der Waals surface area (Å²) in [7, 11) is 0. The number of hydrogen-bond acceptors (Lipinski definition) is 2. The van der Waals surface area contributed by atoms with Gasteiger partial charge in [0.25, 0.3) is 0 Å². The maximum atomic E-state index is 13.2. The van der Waals surface area contributed by atoms with Crippen LogP contribution in [0, 0.1) is 5.82 Å². The van der Waals surface area contributed by atoms with Crippen molar-refractivity contribution in [3.8, 4) is 0 Å². The van der Waals surface area contributed by atoms with Crippen LogP contribution in [0.3, 0.4) is 0 Å². The molecule has 1 aromatic carbocycles. The maximum Gasteiger partial charge on any atom is 0.322 e. The molecule has 0 unspecified atom stereocenters. The first kappa shape index (κ1) is 13.9. The maximum absolute atomic E-state index is 13.2. The van der Waals surface area contributed by atoms with Gasteiger partial charge in [0.15, 0.2) is 0 Å². The second-order valence-electron chi connectivity index (χ2n) is 5.59. The molecule has 0 bridgehead atoms. The second kappa shape index (κ2) is 5.71. The van der Waals surface area contributed by atoms with Gasteiger partial charge in [-0.1, -0.05) is 18.9 Å². The predicted molar refractivity (Wildman–Crippen MR) is 76.3 cm³/mol. The van der Waals surface area contributed by atoms with Crippen molar-refractivity contribution in [1.29, 1.82) is 0 Å². The Bertz CT molecular complexity index is 564. The quantitative estimate of drug-likeness (QED) is 0.832. The van der Waals surface area contributed by atoms with Gasteiger partial charge in [-0.2, -0.15) is 0 Å². The lowest BCUT2D eigenvalue weighted by Crippen LogP contribution is -2.63. The lowest BCUT2D eigenvalue weighted by Gasteiger charge is -2.43. The van der Waals surface area contributed by atoms with Crippen LogP contribution in [0.1, 0.15) is 25.7 Å². The van der Waals surface area contributed by atoms with E-state index in [9.17, 15) is 14.0 Å². The summed E-state index contributed by atoms with van der Waals surface area (Å²) in [4.78, 5) is 25.7. The number of halogens is 1. The van der Waals surface area contributed by atoms with E-state index >= 15 is 0 Å². The molecule has 5 nitrogen and oxygen atoms in total. The molecule has 21 heavy (non-hydrogen) atoms. The van der Waals surface area contributed by atoms with Gasteiger partial charge in [-0.15, -0.1) is 0 Å². The van der Waals surface area contributed by atoms with Gasteiger partial charge in [0.2, 0.25) is 5.91 Å². The summed E-state index contributed by atoms with van der Waals surface area (Å²) in [5.74, 6) is -0.535. The van der Waals surface area contributed by atoms with E-state index in [0.717, 1.165) is 25.7 Å². The van der Waals surface area contributed by atoms with Gasteiger partial charge < -0.3 is 15.5 Å². The molecular weight excluding hydrogens is 273 g/mol. The van der Waals surface area contributed by atoms with Gasteiger partial charge in [0.1, 0.15) is 12.4 Å². The third kappa shape index (κ3) is 2.99. The van der Waals surface area contributed by atoms with Gasteiger partial charge in [0.05, 0.1) is 6.04 Å². The van der Waals surface area contributed by atoms with E-state index in [0.29, 0.717) is 5.69 Å². The minimum absolute atomic E-state index is 0.0324. The average molecular weight is 291 g/mol. The van der Waals surface area contributed by atoms with Crippen molar-refractivity contribution in [2.24, 2.45) is 0 Å². The molecule has 2 N–H and O–H groups in total. The number of carbonyl (C=O) groups excluding carboxylic acids is 2. The first-order valence-electron chi connectivity index (χ1n) is 7.26. The van der Waals surface area contributed by atoms with Crippen molar-refractivity contribution >= 4 is 17.6 Å². The predicted octanol–water partition coefficient (Wildman–Crippen LogP) is 2.10. The van der Waals surface area contributed by atoms with Crippen LogP contribution in [0.5, 0.6) is 0 Å². The smallest absolute Gasteiger partial charge is 0.322 e. The van der Waals surface area contributed by atoms with Crippen molar-refractivity contribution < 1.29 is 14.0 Å². The van der Waals surface area contributed by atoms with E-state index in [-0.39, 0.29) is 30.6 Å². The van der Waals surface area contributed by atoms with E-state index < -0.39 is 5.82 Å². The molecule has 1 heterocycles. The number of amides is 3. The SMILES string of the molecule is O=C1CN(C(=O)Nc2cccc(F)c2)[C@H]2CCCC[C@H]2N1. The first-order chi connectivity index (χ1) is 10.1. The third-order valence-electron chi connectivity index (χ3n) is 4.13. The fourth-order valence-corrected chi connectivity index (χ4v) is 3.16. The molecule has 2 atom stereocenters. The average Bonchev–Trinajstić information content (AvgIpc) is 2.46. The molecule has 1 aromatic rings. The van der Waals surface area contributed by atoms with Crippen molar-refractivity contribution in [2.45, 2.75) is 37.8 Å². The number of fused-ring (bicyclic) bond motifs is 1. The highest BCUT2D eigenvalue weighted by atomic mass is 19.1. The number of nitrogens with zero attached hydrogens (tertiary/aromatic N) is 1.